The van der Waals surface area contributed by atoms with Gasteiger partial charge >= 0.3 is 11.9 Å². The Morgan fingerprint density at radius 1 is 0.654 bits per heavy atom. The number of carbonyl (C=O) groups excluding carboxylic acids is 2. The molecule has 2 atom stereocenters. The van der Waals surface area contributed by atoms with Gasteiger partial charge in [-0.3, -0.25) is 4.55 Å². The molecular formula is C40H40O11S. The van der Waals surface area contributed by atoms with Crippen molar-refractivity contribution in [3.05, 3.63) is 131 Å². The Labute approximate surface area is 302 Å². The van der Waals surface area contributed by atoms with E-state index in [1.54, 1.807) is 36.4 Å². The van der Waals surface area contributed by atoms with Gasteiger partial charge in [0.15, 0.2) is 12.2 Å². The van der Waals surface area contributed by atoms with E-state index < -0.39 is 34.3 Å². The van der Waals surface area contributed by atoms with Crippen molar-refractivity contribution in [2.24, 2.45) is 0 Å². The molecule has 11 nitrogen and oxygen atoms in total. The SMILES string of the molecule is C=C(C)C(=O)OC(COc1ccccc1)COc1c2c(c(OCC(COc3ccccc3)OC(=O)C(=C)C)c3ccccc13)CC(S(=O)(=O)O)=CC2. The first-order valence-electron chi connectivity index (χ1n) is 16.5. The molecule has 0 aliphatic heterocycles. The summed E-state index contributed by atoms with van der Waals surface area (Å²) in [5, 5.41) is 1.20. The highest BCUT2D eigenvalue weighted by atomic mass is 32.2. The Balaban J connectivity index is 1.49. The third kappa shape index (κ3) is 9.80. The van der Waals surface area contributed by atoms with Gasteiger partial charge in [-0.1, -0.05) is 79.9 Å². The average Bonchev–Trinajstić information content (AvgIpc) is 3.13. The first kappa shape index (κ1) is 37.7. The summed E-state index contributed by atoms with van der Waals surface area (Å²) in [6.45, 7) is 10.1. The molecule has 0 amide bonds. The number of ether oxygens (including phenoxy) is 6. The molecule has 5 rings (SSSR count). The molecule has 0 saturated carbocycles. The fraction of sp³-hybridized carbons (Fsp3) is 0.250. The molecule has 1 N–H and O–H groups in total. The van der Waals surface area contributed by atoms with Crippen LogP contribution in [0, 0.1) is 0 Å². The van der Waals surface area contributed by atoms with Gasteiger partial charge in [-0.25, -0.2) is 9.59 Å². The molecule has 1 aliphatic carbocycles. The number of allylic oxidation sites excluding steroid dienone is 2. The van der Waals surface area contributed by atoms with Gasteiger partial charge in [0.2, 0.25) is 0 Å². The molecule has 1 aliphatic rings. The van der Waals surface area contributed by atoms with Crippen LogP contribution in [0.1, 0.15) is 25.0 Å². The monoisotopic (exact) mass is 728 g/mol. The van der Waals surface area contributed by atoms with Crippen molar-refractivity contribution in [2.75, 3.05) is 26.4 Å². The standard InChI is InChI=1S/C40H40O11S/c1-26(2)39(41)50-30(22-46-28-13-7-5-8-14-28)24-48-37-33-17-11-12-18-34(33)38(36-21-32(52(43,44)45)19-20-35(36)37)49-25-31(51-40(42)27(3)4)23-47-29-15-9-6-10-16-29/h5-19,30-31H,1,3,20-25H2,2,4H3,(H,43,44,45). The summed E-state index contributed by atoms with van der Waals surface area (Å²) in [4.78, 5) is 25.0. The lowest BCUT2D eigenvalue weighted by atomic mass is 9.90. The Kier molecular flexibility index (Phi) is 12.4. The number of esters is 2. The first-order valence-corrected chi connectivity index (χ1v) is 17.9. The minimum atomic E-state index is -4.55. The molecule has 52 heavy (non-hydrogen) atoms. The van der Waals surface area contributed by atoms with E-state index in [2.05, 4.69) is 13.2 Å². The van der Waals surface area contributed by atoms with Crippen molar-refractivity contribution in [3.63, 3.8) is 0 Å². The van der Waals surface area contributed by atoms with Gasteiger partial charge in [0, 0.05) is 39.5 Å². The lowest BCUT2D eigenvalue weighted by Crippen LogP contribution is -2.32. The summed E-state index contributed by atoms with van der Waals surface area (Å²) in [5.41, 5.74) is 1.46. The topological polar surface area (TPSA) is 144 Å². The average molecular weight is 729 g/mol. The summed E-state index contributed by atoms with van der Waals surface area (Å²) in [7, 11) is -4.55. The second-order valence-electron chi connectivity index (χ2n) is 12.2. The molecule has 4 aromatic rings. The van der Waals surface area contributed by atoms with Gasteiger partial charge in [-0.2, -0.15) is 8.42 Å². The number of fused-ring (bicyclic) bond motifs is 2. The van der Waals surface area contributed by atoms with Crippen molar-refractivity contribution < 1.29 is 51.0 Å². The maximum atomic E-state index is 12.6. The second-order valence-corrected chi connectivity index (χ2v) is 13.6. The van der Waals surface area contributed by atoms with Crippen LogP contribution in [0.15, 0.2) is 120 Å². The van der Waals surface area contributed by atoms with Crippen molar-refractivity contribution in [1.82, 2.24) is 0 Å². The number of benzene rings is 4. The van der Waals surface area contributed by atoms with E-state index in [1.807, 2.05) is 48.5 Å². The van der Waals surface area contributed by atoms with Gasteiger partial charge in [0.25, 0.3) is 10.1 Å². The smallest absolute Gasteiger partial charge is 0.333 e. The quantitative estimate of drug-likeness (QED) is 0.0714. The number of hydrogen-bond donors (Lipinski definition) is 1. The Morgan fingerprint density at radius 3 is 1.48 bits per heavy atom. The summed E-state index contributed by atoms with van der Waals surface area (Å²) >= 11 is 0. The number of rotatable bonds is 17. The number of para-hydroxylation sites is 2. The third-order valence-corrected chi connectivity index (χ3v) is 8.95. The fourth-order valence-electron chi connectivity index (χ4n) is 5.37. The molecule has 0 radical (unpaired) electrons. The first-order chi connectivity index (χ1) is 24.9. The van der Waals surface area contributed by atoms with Gasteiger partial charge in [-0.15, -0.1) is 0 Å². The molecule has 2 unspecified atom stereocenters. The predicted octanol–water partition coefficient (Wildman–Crippen LogP) is 6.60. The molecule has 12 heteroatoms. The highest BCUT2D eigenvalue weighted by Gasteiger charge is 2.30. The zero-order valence-electron chi connectivity index (χ0n) is 28.9. The highest BCUT2D eigenvalue weighted by molar-refractivity contribution is 7.89. The van der Waals surface area contributed by atoms with Crippen LogP contribution < -0.4 is 18.9 Å². The van der Waals surface area contributed by atoms with Crippen LogP contribution in [0.3, 0.4) is 0 Å². The zero-order valence-corrected chi connectivity index (χ0v) is 29.7. The van der Waals surface area contributed by atoms with Gasteiger partial charge in [-0.05, 0) is 44.5 Å². The maximum absolute atomic E-state index is 12.6. The molecule has 0 aromatic heterocycles. The summed E-state index contributed by atoms with van der Waals surface area (Å²) in [6.07, 6.45) is -0.445. The van der Waals surface area contributed by atoms with E-state index in [-0.39, 0.29) is 55.3 Å². The van der Waals surface area contributed by atoms with Crippen LogP contribution in [-0.4, -0.2) is 63.5 Å². The van der Waals surface area contributed by atoms with Gasteiger partial charge in [0.1, 0.15) is 49.4 Å². The lowest BCUT2D eigenvalue weighted by Gasteiger charge is -2.27. The molecule has 4 aromatic carbocycles. The summed E-state index contributed by atoms with van der Waals surface area (Å²) in [5.74, 6) is 0.633. The van der Waals surface area contributed by atoms with Crippen molar-refractivity contribution >= 4 is 32.8 Å². The van der Waals surface area contributed by atoms with Crippen LogP contribution in [0.5, 0.6) is 23.0 Å². The van der Waals surface area contributed by atoms with E-state index in [4.69, 9.17) is 28.4 Å². The third-order valence-electron chi connectivity index (χ3n) is 7.97. The molecule has 0 bridgehead atoms. The zero-order chi connectivity index (χ0) is 37.3. The Morgan fingerprint density at radius 2 is 1.06 bits per heavy atom. The van der Waals surface area contributed by atoms with Gasteiger partial charge < -0.3 is 28.4 Å². The molecule has 0 spiro atoms. The van der Waals surface area contributed by atoms with E-state index in [0.717, 1.165) is 0 Å². The normalized spacial score (nSPS) is 13.5. The minimum Gasteiger partial charge on any atom is -0.490 e. The number of carbonyl (C=O) groups is 2. The minimum absolute atomic E-state index is 0.0213. The van der Waals surface area contributed by atoms with Crippen molar-refractivity contribution in [3.8, 4) is 23.0 Å². The lowest BCUT2D eigenvalue weighted by molar-refractivity contribution is -0.148. The van der Waals surface area contributed by atoms with E-state index in [0.29, 0.717) is 44.9 Å². The Hall–Kier alpha value is -5.59. The second kappa shape index (κ2) is 17.1. The van der Waals surface area contributed by atoms with Crippen LogP contribution in [0.2, 0.25) is 0 Å². The van der Waals surface area contributed by atoms with E-state index >= 15 is 0 Å². The summed E-state index contributed by atoms with van der Waals surface area (Å²) < 4.78 is 70.7. The Bertz CT molecular complexity index is 2070. The van der Waals surface area contributed by atoms with Crippen LogP contribution >= 0.6 is 0 Å². The summed E-state index contributed by atoms with van der Waals surface area (Å²) in [6, 6.07) is 25.3. The highest BCUT2D eigenvalue weighted by Crippen LogP contribution is 2.45. The van der Waals surface area contributed by atoms with Gasteiger partial charge in [0.05, 0.1) is 4.91 Å². The molecule has 272 valence electrons. The number of hydrogen-bond acceptors (Lipinski definition) is 10. The van der Waals surface area contributed by atoms with Crippen LogP contribution in [-0.2, 0) is 42.0 Å². The largest absolute Gasteiger partial charge is 0.490 e. The molecule has 0 heterocycles. The maximum Gasteiger partial charge on any atom is 0.333 e. The molecule has 0 saturated heterocycles. The van der Waals surface area contributed by atoms with Crippen molar-refractivity contribution in [2.45, 2.75) is 38.9 Å². The van der Waals surface area contributed by atoms with E-state index in [1.165, 1.54) is 19.9 Å². The fourth-order valence-corrected chi connectivity index (χ4v) is 5.99. The molecule has 0 fully saturated rings. The van der Waals surface area contributed by atoms with E-state index in [9.17, 15) is 22.6 Å². The van der Waals surface area contributed by atoms with Crippen LogP contribution in [0.25, 0.3) is 10.8 Å². The molecular weight excluding hydrogens is 688 g/mol. The van der Waals surface area contributed by atoms with Crippen molar-refractivity contribution in [1.29, 1.82) is 0 Å². The predicted molar refractivity (Wildman–Crippen MR) is 195 cm³/mol. The van der Waals surface area contributed by atoms with Crippen LogP contribution in [0.4, 0.5) is 0 Å².